The number of halogens is 3. The van der Waals surface area contributed by atoms with E-state index in [4.69, 9.17) is 0 Å². The molecule has 1 saturated carbocycles. The first-order chi connectivity index (χ1) is 17.7. The molecule has 7 nitrogen and oxygen atoms in total. The van der Waals surface area contributed by atoms with E-state index < -0.39 is 17.3 Å². The Balaban J connectivity index is 1.17. The van der Waals surface area contributed by atoms with Crippen molar-refractivity contribution >= 4 is 29.6 Å². The fourth-order valence-electron chi connectivity index (χ4n) is 4.39. The maximum Gasteiger partial charge on any atom is 0.416 e. The van der Waals surface area contributed by atoms with Crippen LogP contribution >= 0.6 is 0 Å². The van der Waals surface area contributed by atoms with Crippen LogP contribution in [0.3, 0.4) is 0 Å². The summed E-state index contributed by atoms with van der Waals surface area (Å²) >= 11 is 0. The zero-order chi connectivity index (χ0) is 26.0. The van der Waals surface area contributed by atoms with Crippen molar-refractivity contribution in [2.75, 3.05) is 23.8 Å². The van der Waals surface area contributed by atoms with Crippen molar-refractivity contribution in [3.05, 3.63) is 65.0 Å². The van der Waals surface area contributed by atoms with Crippen molar-refractivity contribution in [3.8, 4) is 0 Å². The molecule has 0 spiro atoms. The average Bonchev–Trinajstić information content (AvgIpc) is 3.68. The maximum atomic E-state index is 13.0. The number of dihydropyridines is 1. The topological polar surface area (TPSA) is 86.6 Å². The molecule has 37 heavy (non-hydrogen) atoms. The Bertz CT molecular complexity index is 1280. The molecule has 1 aromatic carbocycles. The highest BCUT2D eigenvalue weighted by molar-refractivity contribution is 6.36. The highest BCUT2D eigenvalue weighted by Gasteiger charge is 2.31. The van der Waals surface area contributed by atoms with Gasteiger partial charge in [0.1, 0.15) is 0 Å². The maximum absolute atomic E-state index is 13.0. The zero-order valence-electron chi connectivity index (χ0n) is 20.8. The first-order valence-electron chi connectivity index (χ1n) is 12.4. The van der Waals surface area contributed by atoms with Crippen molar-refractivity contribution in [2.45, 2.75) is 50.9 Å². The summed E-state index contributed by atoms with van der Waals surface area (Å²) in [6.45, 7) is 5.24. The van der Waals surface area contributed by atoms with E-state index >= 15 is 0 Å². The predicted octanol–water partition coefficient (Wildman–Crippen LogP) is 5.02. The van der Waals surface area contributed by atoms with Crippen LogP contribution in [0.1, 0.15) is 42.3 Å². The molecule has 1 fully saturated rings. The van der Waals surface area contributed by atoms with Crippen LogP contribution in [0.15, 0.2) is 52.6 Å². The minimum Gasteiger partial charge on any atom is -0.375 e. The van der Waals surface area contributed by atoms with Crippen LogP contribution in [0.4, 0.5) is 24.8 Å². The molecule has 0 radical (unpaired) electrons. The number of aryl methyl sites for hydroxylation is 1. The minimum absolute atomic E-state index is 0.277. The molecular formula is C27H30F3N7. The van der Waals surface area contributed by atoms with Gasteiger partial charge in [-0.25, -0.2) is 15.4 Å². The molecule has 1 aliphatic heterocycles. The van der Waals surface area contributed by atoms with Crippen LogP contribution in [0.5, 0.6) is 0 Å². The number of nitrogens with zero attached hydrogens (tertiary/aromatic N) is 4. The van der Waals surface area contributed by atoms with E-state index in [1.54, 1.807) is 18.4 Å². The van der Waals surface area contributed by atoms with Crippen LogP contribution in [-0.4, -0.2) is 46.6 Å². The highest BCUT2D eigenvalue weighted by atomic mass is 19.4. The van der Waals surface area contributed by atoms with Crippen molar-refractivity contribution < 1.29 is 13.2 Å². The number of hydrazone groups is 1. The third-order valence-electron chi connectivity index (χ3n) is 6.68. The van der Waals surface area contributed by atoms with Crippen LogP contribution in [0.2, 0.25) is 0 Å². The van der Waals surface area contributed by atoms with E-state index in [0.29, 0.717) is 23.9 Å². The fraction of sp³-hybridized carbons (Fsp3) is 0.407. The SMILES string of the molecule is Cc1nc(N/N=C\C2=NCC(C)(Nc3cccc(C(F)(F)F)c3)C=C2)nc2c1C=CC(NCC1CC1)C2. The number of aliphatic imine (C=N–C) groups is 1. The van der Waals surface area contributed by atoms with Gasteiger partial charge < -0.3 is 10.6 Å². The summed E-state index contributed by atoms with van der Waals surface area (Å²) in [4.78, 5) is 13.7. The van der Waals surface area contributed by atoms with Crippen LogP contribution in [-0.2, 0) is 12.6 Å². The Hall–Kier alpha value is -3.53. The second-order valence-electron chi connectivity index (χ2n) is 10.1. The van der Waals surface area contributed by atoms with Crippen LogP contribution < -0.4 is 16.1 Å². The summed E-state index contributed by atoms with van der Waals surface area (Å²) in [7, 11) is 0. The number of aromatic nitrogens is 2. The van der Waals surface area contributed by atoms with Gasteiger partial charge in [-0.2, -0.15) is 18.3 Å². The Kier molecular flexibility index (Phi) is 6.85. The van der Waals surface area contributed by atoms with Gasteiger partial charge in [0.2, 0.25) is 5.95 Å². The lowest BCUT2D eigenvalue weighted by atomic mass is 9.98. The number of anilines is 2. The number of nitrogens with one attached hydrogen (secondary N) is 3. The van der Waals surface area contributed by atoms with Gasteiger partial charge in [0, 0.05) is 23.7 Å². The lowest BCUT2D eigenvalue weighted by Crippen LogP contribution is -2.38. The lowest BCUT2D eigenvalue weighted by molar-refractivity contribution is -0.137. The van der Waals surface area contributed by atoms with Gasteiger partial charge in [-0.1, -0.05) is 24.3 Å². The molecule has 3 aliphatic rings. The average molecular weight is 510 g/mol. The second kappa shape index (κ2) is 10.1. The Labute approximate surface area is 214 Å². The molecule has 2 aliphatic carbocycles. The molecule has 2 atom stereocenters. The molecule has 0 saturated heterocycles. The van der Waals surface area contributed by atoms with Gasteiger partial charge in [0.05, 0.1) is 41.0 Å². The van der Waals surface area contributed by atoms with E-state index in [9.17, 15) is 13.2 Å². The fourth-order valence-corrected chi connectivity index (χ4v) is 4.39. The molecule has 0 amide bonds. The number of rotatable bonds is 8. The Morgan fingerprint density at radius 2 is 2.03 bits per heavy atom. The van der Waals surface area contributed by atoms with Gasteiger partial charge in [-0.05, 0) is 63.4 Å². The van der Waals surface area contributed by atoms with E-state index in [1.807, 2.05) is 19.9 Å². The number of fused-ring (bicyclic) bond motifs is 1. The van der Waals surface area contributed by atoms with Gasteiger partial charge in [-0.15, -0.1) is 0 Å². The summed E-state index contributed by atoms with van der Waals surface area (Å²) in [5, 5.41) is 11.0. The van der Waals surface area contributed by atoms with E-state index in [0.717, 1.165) is 48.0 Å². The number of benzene rings is 1. The standard InChI is InChI=1S/C27H30F3N7/c1-17-23-9-8-20(31-14-18-6-7-18)13-24(23)35-25(34-17)37-33-15-22-10-11-26(2,16-32-22)36-21-5-3-4-19(12-21)27(28,29)30/h3-5,8-12,15,18,20,31,36H,6-7,13-14,16H2,1-2H3,(H,34,35,37)/b33-15-. The molecule has 194 valence electrons. The molecule has 1 aromatic heterocycles. The Morgan fingerprint density at radius 1 is 1.19 bits per heavy atom. The Morgan fingerprint density at radius 3 is 2.76 bits per heavy atom. The number of alkyl halides is 3. The van der Waals surface area contributed by atoms with Gasteiger partial charge in [0.15, 0.2) is 0 Å². The molecule has 0 bridgehead atoms. The molecule has 10 heteroatoms. The number of hydrogen-bond acceptors (Lipinski definition) is 7. The van der Waals surface area contributed by atoms with Gasteiger partial charge in [0.25, 0.3) is 0 Å². The van der Waals surface area contributed by atoms with Gasteiger partial charge >= 0.3 is 6.18 Å². The van der Waals surface area contributed by atoms with Gasteiger partial charge in [-0.3, -0.25) is 4.99 Å². The van der Waals surface area contributed by atoms with E-state index in [2.05, 4.69) is 48.3 Å². The predicted molar refractivity (Wildman–Crippen MR) is 141 cm³/mol. The second-order valence-corrected chi connectivity index (χ2v) is 10.1. The van der Waals surface area contributed by atoms with Crippen LogP contribution in [0, 0.1) is 12.8 Å². The lowest BCUT2D eigenvalue weighted by Gasteiger charge is -2.29. The highest BCUT2D eigenvalue weighted by Crippen LogP contribution is 2.32. The van der Waals surface area contributed by atoms with E-state index in [1.165, 1.54) is 18.9 Å². The number of allylic oxidation sites excluding steroid dienone is 1. The molecule has 2 heterocycles. The first-order valence-corrected chi connectivity index (χ1v) is 12.4. The summed E-state index contributed by atoms with van der Waals surface area (Å²) in [5.74, 6) is 1.25. The van der Waals surface area contributed by atoms with Crippen molar-refractivity contribution in [1.29, 1.82) is 0 Å². The van der Waals surface area contributed by atoms with Crippen molar-refractivity contribution in [2.24, 2.45) is 16.0 Å². The normalized spacial score (nSPS) is 23.2. The monoisotopic (exact) mass is 509 g/mol. The summed E-state index contributed by atoms with van der Waals surface area (Å²) in [5.41, 5.74) is 5.56. The van der Waals surface area contributed by atoms with Crippen molar-refractivity contribution in [3.63, 3.8) is 0 Å². The number of hydrogen-bond donors (Lipinski definition) is 3. The minimum atomic E-state index is -4.39. The first kappa shape index (κ1) is 25.1. The van der Waals surface area contributed by atoms with E-state index in [-0.39, 0.29) is 6.04 Å². The summed E-state index contributed by atoms with van der Waals surface area (Å²) < 4.78 is 39.1. The van der Waals surface area contributed by atoms with Crippen LogP contribution in [0.25, 0.3) is 6.08 Å². The molecule has 5 rings (SSSR count). The molecular weight excluding hydrogens is 479 g/mol. The summed E-state index contributed by atoms with van der Waals surface area (Å²) in [6.07, 6.45) is 8.59. The van der Waals surface area contributed by atoms with Crippen molar-refractivity contribution in [1.82, 2.24) is 15.3 Å². The molecule has 2 unspecified atom stereocenters. The third kappa shape index (κ3) is 6.43. The largest absolute Gasteiger partial charge is 0.416 e. The molecule has 3 N–H and O–H groups in total. The zero-order valence-corrected chi connectivity index (χ0v) is 20.8. The summed E-state index contributed by atoms with van der Waals surface area (Å²) in [6, 6.07) is 5.43. The smallest absolute Gasteiger partial charge is 0.375 e. The third-order valence-corrected chi connectivity index (χ3v) is 6.68. The quantitative estimate of drug-likeness (QED) is 0.344. The molecule has 2 aromatic rings.